The number of amides is 2. The number of nitrogens with one attached hydrogen (secondary N) is 2. The molecule has 2 aromatic heterocycles. The molecule has 166 valence electrons. The van der Waals surface area contributed by atoms with E-state index in [2.05, 4.69) is 49.8 Å². The second kappa shape index (κ2) is 7.78. The molecule has 3 aromatic rings. The quantitative estimate of drug-likeness (QED) is 0.651. The molecule has 2 amide bonds. The van der Waals surface area contributed by atoms with Crippen molar-refractivity contribution in [1.82, 2.24) is 20.2 Å². The minimum Gasteiger partial charge on any atom is -0.349 e. The topological polar surface area (TPSA) is 87.2 Å². The largest absolute Gasteiger partial charge is 0.349 e. The molecular formula is C26H25N5O2. The summed E-state index contributed by atoms with van der Waals surface area (Å²) in [6.07, 6.45) is 5.63. The van der Waals surface area contributed by atoms with Crippen LogP contribution in [0, 0.1) is 0 Å². The molecule has 1 atom stereocenters. The highest BCUT2D eigenvalue weighted by atomic mass is 16.2. The number of aromatic nitrogens is 2. The lowest BCUT2D eigenvalue weighted by molar-refractivity contribution is -0.120. The molecule has 1 unspecified atom stereocenters. The van der Waals surface area contributed by atoms with E-state index < -0.39 is 5.41 Å². The van der Waals surface area contributed by atoms with Gasteiger partial charge in [-0.15, -0.1) is 0 Å². The zero-order valence-electron chi connectivity index (χ0n) is 18.3. The Bertz CT molecular complexity index is 1270. The van der Waals surface area contributed by atoms with E-state index in [4.69, 9.17) is 0 Å². The molecule has 6 rings (SSSR count). The smallest absolute Gasteiger partial charge is 0.269 e. The van der Waals surface area contributed by atoms with Crippen molar-refractivity contribution in [2.45, 2.75) is 31.2 Å². The molecule has 0 radical (unpaired) electrons. The van der Waals surface area contributed by atoms with E-state index in [0.29, 0.717) is 30.9 Å². The van der Waals surface area contributed by atoms with Crippen LogP contribution in [0.4, 0.5) is 5.82 Å². The van der Waals surface area contributed by atoms with Gasteiger partial charge in [-0.1, -0.05) is 30.3 Å². The molecule has 2 aliphatic heterocycles. The van der Waals surface area contributed by atoms with E-state index in [1.165, 1.54) is 11.1 Å². The van der Waals surface area contributed by atoms with E-state index in [-0.39, 0.29) is 11.8 Å². The van der Waals surface area contributed by atoms with Gasteiger partial charge in [-0.05, 0) is 53.6 Å². The van der Waals surface area contributed by atoms with Gasteiger partial charge in [0.15, 0.2) is 0 Å². The van der Waals surface area contributed by atoms with Gasteiger partial charge in [-0.3, -0.25) is 19.5 Å². The second-order valence-corrected chi connectivity index (χ2v) is 9.18. The van der Waals surface area contributed by atoms with Crippen LogP contribution in [0.5, 0.6) is 0 Å². The fourth-order valence-electron chi connectivity index (χ4n) is 5.44. The normalized spacial score (nSPS) is 20.8. The van der Waals surface area contributed by atoms with Gasteiger partial charge in [0.25, 0.3) is 5.91 Å². The highest BCUT2D eigenvalue weighted by molar-refractivity contribution is 6.06. The fourth-order valence-corrected chi connectivity index (χ4v) is 5.44. The Labute approximate surface area is 192 Å². The van der Waals surface area contributed by atoms with Gasteiger partial charge in [-0.2, -0.15) is 0 Å². The zero-order valence-corrected chi connectivity index (χ0v) is 18.3. The van der Waals surface area contributed by atoms with Crippen molar-refractivity contribution in [2.24, 2.45) is 0 Å². The monoisotopic (exact) mass is 439 g/mol. The highest BCUT2D eigenvalue weighted by Crippen LogP contribution is 2.46. The molecule has 0 saturated heterocycles. The molecule has 3 aliphatic rings. The fraction of sp³-hybridized carbons (Fsp3) is 0.308. The summed E-state index contributed by atoms with van der Waals surface area (Å²) in [6, 6.07) is 14.2. The van der Waals surface area contributed by atoms with Gasteiger partial charge in [0.05, 0.1) is 5.41 Å². The summed E-state index contributed by atoms with van der Waals surface area (Å²) < 4.78 is 0. The summed E-state index contributed by atoms with van der Waals surface area (Å²) in [5, 5.41) is 5.93. The van der Waals surface area contributed by atoms with Crippen LogP contribution >= 0.6 is 0 Å². The molecule has 7 nitrogen and oxygen atoms in total. The Balaban J connectivity index is 1.11. The maximum absolute atomic E-state index is 12.9. The molecule has 4 heterocycles. The summed E-state index contributed by atoms with van der Waals surface area (Å²) in [7, 11) is 0. The standard InChI is InChI=1S/C26H25N5O2/c32-24(28-9-11-31-10-7-17-4-1-2-5-18(17)16-31)22-12-19-13-26(14-20(19)15-29-22)21-6-3-8-27-23(21)30-25(26)33/h1-6,8,12,15H,7,9-11,13-14,16H2,(H,28,32)(H,27,30,33). The molecule has 1 aliphatic carbocycles. The third kappa shape index (κ3) is 3.40. The van der Waals surface area contributed by atoms with E-state index in [9.17, 15) is 9.59 Å². The van der Waals surface area contributed by atoms with E-state index >= 15 is 0 Å². The summed E-state index contributed by atoms with van der Waals surface area (Å²) in [5.41, 5.74) is 5.51. The zero-order chi connectivity index (χ0) is 22.4. The van der Waals surface area contributed by atoms with Gasteiger partial charge in [0.1, 0.15) is 11.5 Å². The SMILES string of the molecule is O=C(NCCN1CCc2ccccc2C1)c1cc2c(cn1)CC1(C2)C(=O)Nc2ncccc21. The van der Waals surface area contributed by atoms with Gasteiger partial charge in [0.2, 0.25) is 5.91 Å². The Kier molecular flexibility index (Phi) is 4.73. The lowest BCUT2D eigenvalue weighted by Crippen LogP contribution is -2.38. The van der Waals surface area contributed by atoms with Crippen molar-refractivity contribution in [3.8, 4) is 0 Å². The van der Waals surface area contributed by atoms with Crippen molar-refractivity contribution in [3.05, 3.63) is 88.4 Å². The number of nitrogens with zero attached hydrogens (tertiary/aromatic N) is 3. The number of hydrogen-bond acceptors (Lipinski definition) is 5. The maximum Gasteiger partial charge on any atom is 0.269 e. The van der Waals surface area contributed by atoms with Crippen LogP contribution in [0.3, 0.4) is 0 Å². The molecule has 2 N–H and O–H groups in total. The van der Waals surface area contributed by atoms with Crippen molar-refractivity contribution in [1.29, 1.82) is 0 Å². The van der Waals surface area contributed by atoms with Gasteiger partial charge in [0, 0.05) is 44.1 Å². The first kappa shape index (κ1) is 20.1. The van der Waals surface area contributed by atoms with Crippen LogP contribution in [0.25, 0.3) is 0 Å². The minimum absolute atomic E-state index is 0.0264. The number of carbonyl (C=O) groups excluding carboxylic acids is 2. The van der Waals surface area contributed by atoms with Crippen LogP contribution in [0.2, 0.25) is 0 Å². The summed E-state index contributed by atoms with van der Waals surface area (Å²) >= 11 is 0. The van der Waals surface area contributed by atoms with Crippen LogP contribution in [0.15, 0.2) is 54.9 Å². The lowest BCUT2D eigenvalue weighted by atomic mass is 9.79. The predicted octanol–water partition coefficient (Wildman–Crippen LogP) is 2.25. The van der Waals surface area contributed by atoms with Crippen molar-refractivity contribution in [3.63, 3.8) is 0 Å². The van der Waals surface area contributed by atoms with Crippen LogP contribution in [-0.2, 0) is 36.0 Å². The molecule has 1 aromatic carbocycles. The number of fused-ring (bicyclic) bond motifs is 4. The van der Waals surface area contributed by atoms with Gasteiger partial charge >= 0.3 is 0 Å². The summed E-state index contributed by atoms with van der Waals surface area (Å²) in [6.45, 7) is 3.30. The second-order valence-electron chi connectivity index (χ2n) is 9.18. The molecule has 0 bridgehead atoms. The number of anilines is 1. The van der Waals surface area contributed by atoms with Crippen LogP contribution < -0.4 is 10.6 Å². The number of hydrogen-bond donors (Lipinski definition) is 2. The van der Waals surface area contributed by atoms with E-state index in [1.807, 2.05) is 18.2 Å². The third-order valence-electron chi connectivity index (χ3n) is 7.21. The number of pyridine rings is 2. The van der Waals surface area contributed by atoms with Gasteiger partial charge in [-0.25, -0.2) is 4.98 Å². The van der Waals surface area contributed by atoms with Crippen molar-refractivity contribution < 1.29 is 9.59 Å². The molecule has 33 heavy (non-hydrogen) atoms. The number of benzene rings is 1. The Morgan fingerprint density at radius 2 is 1.91 bits per heavy atom. The van der Waals surface area contributed by atoms with Crippen LogP contribution in [-0.4, -0.2) is 46.3 Å². The summed E-state index contributed by atoms with van der Waals surface area (Å²) in [4.78, 5) is 36.7. The first-order valence-electron chi connectivity index (χ1n) is 11.4. The van der Waals surface area contributed by atoms with Crippen LogP contribution in [0.1, 0.15) is 38.3 Å². The average molecular weight is 440 g/mol. The first-order chi connectivity index (χ1) is 16.1. The van der Waals surface area contributed by atoms with E-state index in [0.717, 1.165) is 42.7 Å². The van der Waals surface area contributed by atoms with Crippen molar-refractivity contribution >= 4 is 17.6 Å². The Hall–Kier alpha value is -3.58. The number of rotatable bonds is 4. The highest BCUT2D eigenvalue weighted by Gasteiger charge is 2.51. The minimum atomic E-state index is -0.646. The maximum atomic E-state index is 12.9. The third-order valence-corrected chi connectivity index (χ3v) is 7.21. The number of carbonyl (C=O) groups is 2. The molecule has 0 fully saturated rings. The average Bonchev–Trinajstić information content (AvgIpc) is 3.36. The molecule has 7 heteroatoms. The molecular weight excluding hydrogens is 414 g/mol. The first-order valence-corrected chi connectivity index (χ1v) is 11.4. The van der Waals surface area contributed by atoms with Crippen molar-refractivity contribution in [2.75, 3.05) is 25.0 Å². The van der Waals surface area contributed by atoms with E-state index in [1.54, 1.807) is 12.4 Å². The van der Waals surface area contributed by atoms with Gasteiger partial charge < -0.3 is 10.6 Å². The Morgan fingerprint density at radius 1 is 1.06 bits per heavy atom. The Morgan fingerprint density at radius 3 is 2.82 bits per heavy atom. The molecule has 0 saturated carbocycles. The predicted molar refractivity (Wildman–Crippen MR) is 124 cm³/mol. The molecule has 1 spiro atoms. The lowest BCUT2D eigenvalue weighted by Gasteiger charge is -2.28. The summed E-state index contributed by atoms with van der Waals surface area (Å²) in [5.74, 6) is 0.442.